The number of morpholine rings is 1. The SMILES string of the molecule is CCOc1cc(C(=O)NCC(CC(C)C)N2CCOCC2)ccc1OCc1cccnc1. The topological polar surface area (TPSA) is 72.9 Å². The van der Waals surface area contributed by atoms with Crippen molar-refractivity contribution in [1.29, 1.82) is 0 Å². The van der Waals surface area contributed by atoms with Gasteiger partial charge in [0.05, 0.1) is 19.8 Å². The van der Waals surface area contributed by atoms with E-state index in [1.165, 1.54) is 0 Å². The van der Waals surface area contributed by atoms with E-state index in [2.05, 4.69) is 29.0 Å². The van der Waals surface area contributed by atoms with Crippen LogP contribution in [0.5, 0.6) is 11.5 Å². The van der Waals surface area contributed by atoms with Crippen LogP contribution in [0, 0.1) is 5.92 Å². The van der Waals surface area contributed by atoms with E-state index in [1.807, 2.05) is 19.1 Å². The van der Waals surface area contributed by atoms with Gasteiger partial charge in [0.15, 0.2) is 11.5 Å². The molecule has 0 radical (unpaired) electrons. The average molecular weight is 442 g/mol. The zero-order valence-corrected chi connectivity index (χ0v) is 19.4. The third kappa shape index (κ3) is 7.21. The Morgan fingerprint density at radius 3 is 2.69 bits per heavy atom. The van der Waals surface area contributed by atoms with Crippen LogP contribution >= 0.6 is 0 Å². The Bertz CT molecular complexity index is 838. The van der Waals surface area contributed by atoms with Crippen molar-refractivity contribution in [2.75, 3.05) is 39.5 Å². The van der Waals surface area contributed by atoms with Crippen molar-refractivity contribution in [3.05, 3.63) is 53.9 Å². The quantitative estimate of drug-likeness (QED) is 0.575. The fraction of sp³-hybridized carbons (Fsp3) is 0.520. The first-order valence-electron chi connectivity index (χ1n) is 11.4. The number of ether oxygens (including phenoxy) is 3. The summed E-state index contributed by atoms with van der Waals surface area (Å²) in [4.78, 5) is 19.4. The first kappa shape index (κ1) is 24.0. The van der Waals surface area contributed by atoms with Gasteiger partial charge in [-0.3, -0.25) is 14.7 Å². The monoisotopic (exact) mass is 441 g/mol. The summed E-state index contributed by atoms with van der Waals surface area (Å²) in [6.45, 7) is 11.1. The van der Waals surface area contributed by atoms with E-state index in [0.717, 1.165) is 38.3 Å². The van der Waals surface area contributed by atoms with Gasteiger partial charge in [0, 0.05) is 49.2 Å². The molecule has 1 unspecified atom stereocenters. The Morgan fingerprint density at radius 2 is 2.00 bits per heavy atom. The summed E-state index contributed by atoms with van der Waals surface area (Å²) in [5.41, 5.74) is 1.53. The second-order valence-corrected chi connectivity index (χ2v) is 8.39. The molecule has 0 bridgehead atoms. The Balaban J connectivity index is 1.63. The molecule has 174 valence electrons. The van der Waals surface area contributed by atoms with Gasteiger partial charge < -0.3 is 19.5 Å². The molecule has 1 fully saturated rings. The third-order valence-electron chi connectivity index (χ3n) is 5.43. The minimum atomic E-state index is -0.105. The van der Waals surface area contributed by atoms with E-state index < -0.39 is 0 Å². The molecule has 3 rings (SSSR count). The van der Waals surface area contributed by atoms with Crippen LogP contribution in [0.25, 0.3) is 0 Å². The van der Waals surface area contributed by atoms with Gasteiger partial charge in [-0.2, -0.15) is 0 Å². The minimum absolute atomic E-state index is 0.105. The Labute approximate surface area is 191 Å². The number of amides is 1. The predicted molar refractivity (Wildman–Crippen MR) is 124 cm³/mol. The number of rotatable bonds is 11. The summed E-state index contributed by atoms with van der Waals surface area (Å²) in [5.74, 6) is 1.63. The van der Waals surface area contributed by atoms with E-state index in [9.17, 15) is 4.79 Å². The molecule has 2 aromatic rings. The van der Waals surface area contributed by atoms with Crippen LogP contribution in [-0.2, 0) is 11.3 Å². The number of carbonyl (C=O) groups is 1. The number of hydrogen-bond donors (Lipinski definition) is 1. The molecule has 7 nitrogen and oxygen atoms in total. The normalized spacial score (nSPS) is 15.4. The van der Waals surface area contributed by atoms with E-state index in [0.29, 0.717) is 48.8 Å². The molecule has 0 saturated carbocycles. The molecule has 1 aliphatic heterocycles. The predicted octanol–water partition coefficient (Wildman–Crippen LogP) is 3.54. The minimum Gasteiger partial charge on any atom is -0.490 e. The molecule has 32 heavy (non-hydrogen) atoms. The molecule has 1 saturated heterocycles. The largest absolute Gasteiger partial charge is 0.490 e. The smallest absolute Gasteiger partial charge is 0.251 e. The van der Waals surface area contributed by atoms with Gasteiger partial charge in [0.2, 0.25) is 0 Å². The van der Waals surface area contributed by atoms with E-state index >= 15 is 0 Å². The summed E-state index contributed by atoms with van der Waals surface area (Å²) in [6.07, 6.45) is 4.53. The molecule has 1 aliphatic rings. The van der Waals surface area contributed by atoms with Crippen molar-refractivity contribution in [3.8, 4) is 11.5 Å². The molecule has 0 spiro atoms. The second-order valence-electron chi connectivity index (χ2n) is 8.39. The lowest BCUT2D eigenvalue weighted by atomic mass is 10.0. The van der Waals surface area contributed by atoms with Crippen LogP contribution in [-0.4, -0.2) is 61.3 Å². The van der Waals surface area contributed by atoms with Crippen molar-refractivity contribution < 1.29 is 19.0 Å². The molecule has 0 aliphatic carbocycles. The van der Waals surface area contributed by atoms with Gasteiger partial charge in [-0.25, -0.2) is 0 Å². The summed E-state index contributed by atoms with van der Waals surface area (Å²) < 4.78 is 17.2. The van der Waals surface area contributed by atoms with Gasteiger partial charge in [0.1, 0.15) is 6.61 Å². The lowest BCUT2D eigenvalue weighted by Gasteiger charge is -2.35. The molecule has 1 amide bonds. The van der Waals surface area contributed by atoms with Gasteiger partial charge >= 0.3 is 0 Å². The lowest BCUT2D eigenvalue weighted by Crippen LogP contribution is -2.49. The molecule has 2 heterocycles. The van der Waals surface area contributed by atoms with Gasteiger partial charge in [0.25, 0.3) is 5.91 Å². The Kier molecular flexibility index (Phi) is 9.31. The number of hydrogen-bond acceptors (Lipinski definition) is 6. The van der Waals surface area contributed by atoms with Crippen molar-refractivity contribution >= 4 is 5.91 Å². The highest BCUT2D eigenvalue weighted by Gasteiger charge is 2.23. The van der Waals surface area contributed by atoms with Crippen LogP contribution < -0.4 is 14.8 Å². The average Bonchev–Trinajstić information content (AvgIpc) is 2.82. The zero-order chi connectivity index (χ0) is 22.8. The highest BCUT2D eigenvalue weighted by Crippen LogP contribution is 2.29. The summed E-state index contributed by atoms with van der Waals surface area (Å²) >= 11 is 0. The standard InChI is InChI=1S/C25H35N3O4/c1-4-31-24-15-21(7-8-23(24)32-18-20-6-5-9-26-16-20)25(29)27-17-22(14-19(2)3)28-10-12-30-13-11-28/h5-9,15-16,19,22H,4,10-14,17-18H2,1-3H3,(H,27,29). The van der Waals surface area contributed by atoms with Gasteiger partial charge in [-0.15, -0.1) is 0 Å². The molecule has 7 heteroatoms. The first-order valence-corrected chi connectivity index (χ1v) is 11.4. The molecule has 1 atom stereocenters. The Morgan fingerprint density at radius 1 is 1.19 bits per heavy atom. The second kappa shape index (κ2) is 12.4. The highest BCUT2D eigenvalue weighted by molar-refractivity contribution is 5.94. The number of carbonyl (C=O) groups excluding carboxylic acids is 1. The van der Waals surface area contributed by atoms with Crippen molar-refractivity contribution in [3.63, 3.8) is 0 Å². The van der Waals surface area contributed by atoms with E-state index in [1.54, 1.807) is 30.6 Å². The first-order chi connectivity index (χ1) is 15.6. The van der Waals surface area contributed by atoms with Gasteiger partial charge in [-0.05, 0) is 43.5 Å². The van der Waals surface area contributed by atoms with Crippen LogP contribution in [0.15, 0.2) is 42.7 Å². The number of benzene rings is 1. The molecular weight excluding hydrogens is 406 g/mol. The van der Waals surface area contributed by atoms with Crippen LogP contribution in [0.3, 0.4) is 0 Å². The molecule has 1 aromatic carbocycles. The fourth-order valence-corrected chi connectivity index (χ4v) is 3.84. The number of pyridine rings is 1. The molecule has 1 aromatic heterocycles. The number of nitrogens with zero attached hydrogens (tertiary/aromatic N) is 2. The Hall–Kier alpha value is -2.64. The summed E-state index contributed by atoms with van der Waals surface area (Å²) in [7, 11) is 0. The van der Waals surface area contributed by atoms with Crippen LogP contribution in [0.4, 0.5) is 0 Å². The third-order valence-corrected chi connectivity index (χ3v) is 5.43. The van der Waals surface area contributed by atoms with Crippen LogP contribution in [0.2, 0.25) is 0 Å². The molecular formula is C25H35N3O4. The van der Waals surface area contributed by atoms with Crippen LogP contribution in [0.1, 0.15) is 43.1 Å². The number of nitrogens with one attached hydrogen (secondary N) is 1. The fourth-order valence-electron chi connectivity index (χ4n) is 3.84. The maximum atomic E-state index is 12.9. The van der Waals surface area contributed by atoms with Crippen molar-refractivity contribution in [2.45, 2.75) is 39.8 Å². The maximum Gasteiger partial charge on any atom is 0.251 e. The van der Waals surface area contributed by atoms with Crippen molar-refractivity contribution in [1.82, 2.24) is 15.2 Å². The molecule has 1 N–H and O–H groups in total. The maximum absolute atomic E-state index is 12.9. The van der Waals surface area contributed by atoms with Gasteiger partial charge in [-0.1, -0.05) is 19.9 Å². The van der Waals surface area contributed by atoms with Crippen molar-refractivity contribution in [2.24, 2.45) is 5.92 Å². The number of aromatic nitrogens is 1. The van der Waals surface area contributed by atoms with E-state index in [-0.39, 0.29) is 5.91 Å². The highest BCUT2D eigenvalue weighted by atomic mass is 16.5. The summed E-state index contributed by atoms with van der Waals surface area (Å²) in [5, 5.41) is 3.12. The van der Waals surface area contributed by atoms with E-state index in [4.69, 9.17) is 14.2 Å². The zero-order valence-electron chi connectivity index (χ0n) is 19.4. The summed E-state index contributed by atoms with van der Waals surface area (Å²) in [6, 6.07) is 9.46. The lowest BCUT2D eigenvalue weighted by molar-refractivity contribution is 0.0124.